The number of ether oxygens (including phenoxy) is 1. The van der Waals surface area contributed by atoms with Gasteiger partial charge in [0, 0.05) is 0 Å². The van der Waals surface area contributed by atoms with E-state index in [1.165, 1.54) is 0 Å². The molecule has 4 N–H and O–H groups in total. The lowest BCUT2D eigenvalue weighted by molar-refractivity contribution is -0.388. The van der Waals surface area contributed by atoms with Crippen molar-refractivity contribution in [2.75, 3.05) is 6.61 Å². The fourth-order valence-electron chi connectivity index (χ4n) is 1.56. The van der Waals surface area contributed by atoms with Gasteiger partial charge in [0.15, 0.2) is 0 Å². The van der Waals surface area contributed by atoms with Crippen molar-refractivity contribution in [3.8, 4) is 5.75 Å². The molecule has 12 heteroatoms. The first-order chi connectivity index (χ1) is 10.2. The molecule has 0 heterocycles. The maximum Gasteiger partial charge on any atom is 0.423 e. The van der Waals surface area contributed by atoms with Crippen molar-refractivity contribution in [1.29, 1.82) is 0 Å². The maximum absolute atomic E-state index is 13.0. The van der Waals surface area contributed by atoms with E-state index in [2.05, 4.69) is 10.2 Å². The average molecular weight is 356 g/mol. The number of nitrogens with zero attached hydrogens (tertiary/aromatic N) is 3. The van der Waals surface area contributed by atoms with Crippen LogP contribution in [0.5, 0.6) is 5.75 Å². The van der Waals surface area contributed by atoms with E-state index >= 15 is 0 Å². The third-order valence-electron chi connectivity index (χ3n) is 2.28. The van der Waals surface area contributed by atoms with Gasteiger partial charge in [0.05, 0.1) is 23.3 Å². The van der Waals surface area contributed by atoms with E-state index in [4.69, 9.17) is 16.2 Å². The van der Waals surface area contributed by atoms with E-state index in [9.17, 15) is 23.3 Å². The molecule has 0 aliphatic carbocycles. The maximum atomic E-state index is 13.0. The molecule has 1 aromatic carbocycles. The van der Waals surface area contributed by atoms with E-state index in [0.29, 0.717) is 6.07 Å². The average Bonchev–Trinajstić information content (AvgIpc) is 2.36. The standard InChI is InChI=1S/C11H12F3N5O3.ClH/c1-2-22-7-3-6(5-17-18-10(15)16)9(19(20)21)8(4-7)11(12,13)14;/h3-5H,2H2,1H3,(H4,15,16,18);1H/b17-5+;. The Morgan fingerprint density at radius 3 is 2.48 bits per heavy atom. The number of nitro groups is 1. The molecule has 0 unspecified atom stereocenters. The number of halogens is 4. The first-order valence-corrected chi connectivity index (χ1v) is 5.81. The molecule has 0 aliphatic heterocycles. The van der Waals surface area contributed by atoms with E-state index in [1.807, 2.05) is 0 Å². The Morgan fingerprint density at radius 1 is 1.43 bits per heavy atom. The van der Waals surface area contributed by atoms with Crippen molar-refractivity contribution in [2.45, 2.75) is 13.1 Å². The molecule has 0 aliphatic rings. The monoisotopic (exact) mass is 355 g/mol. The second-order valence-corrected chi connectivity index (χ2v) is 3.87. The van der Waals surface area contributed by atoms with E-state index < -0.39 is 33.9 Å². The summed E-state index contributed by atoms with van der Waals surface area (Å²) < 4.78 is 43.9. The molecule has 0 amide bonds. The van der Waals surface area contributed by atoms with Crippen molar-refractivity contribution >= 4 is 30.3 Å². The number of nitro benzene ring substituents is 1. The van der Waals surface area contributed by atoms with Crippen LogP contribution in [0.15, 0.2) is 22.3 Å². The van der Waals surface area contributed by atoms with Gasteiger partial charge in [-0.1, -0.05) is 0 Å². The minimum absolute atomic E-state index is 0. The van der Waals surface area contributed by atoms with Crippen LogP contribution in [-0.4, -0.2) is 23.7 Å². The van der Waals surface area contributed by atoms with Gasteiger partial charge < -0.3 is 16.2 Å². The summed E-state index contributed by atoms with van der Waals surface area (Å²) in [6, 6.07) is 1.60. The van der Waals surface area contributed by atoms with Crippen LogP contribution in [0.1, 0.15) is 18.1 Å². The Kier molecular flexibility index (Phi) is 7.26. The molecule has 0 bridgehead atoms. The Balaban J connectivity index is 0.00000484. The molecule has 0 saturated carbocycles. The second-order valence-electron chi connectivity index (χ2n) is 3.87. The molecule has 1 rings (SSSR count). The molecule has 0 spiro atoms. The predicted octanol–water partition coefficient (Wildman–Crippen LogP) is 2.04. The van der Waals surface area contributed by atoms with Crippen LogP contribution < -0.4 is 16.2 Å². The van der Waals surface area contributed by atoms with Crippen LogP contribution in [0.2, 0.25) is 0 Å². The van der Waals surface area contributed by atoms with Crippen molar-refractivity contribution in [3.63, 3.8) is 0 Å². The summed E-state index contributed by atoms with van der Waals surface area (Å²) in [6.45, 7) is 1.64. The predicted molar refractivity (Wildman–Crippen MR) is 79.9 cm³/mol. The zero-order valence-corrected chi connectivity index (χ0v) is 12.5. The fourth-order valence-corrected chi connectivity index (χ4v) is 1.56. The number of benzene rings is 1. The second kappa shape index (κ2) is 8.17. The lowest BCUT2D eigenvalue weighted by Crippen LogP contribution is -2.21. The smallest absolute Gasteiger partial charge is 0.423 e. The topological polar surface area (TPSA) is 129 Å². The van der Waals surface area contributed by atoms with Crippen LogP contribution in [-0.2, 0) is 6.18 Å². The number of rotatable bonds is 5. The largest absolute Gasteiger partial charge is 0.494 e. The van der Waals surface area contributed by atoms with E-state index in [0.717, 1.165) is 12.3 Å². The highest BCUT2D eigenvalue weighted by Crippen LogP contribution is 2.40. The van der Waals surface area contributed by atoms with Gasteiger partial charge in [0.1, 0.15) is 11.3 Å². The van der Waals surface area contributed by atoms with Crippen molar-refractivity contribution in [1.82, 2.24) is 0 Å². The highest BCUT2D eigenvalue weighted by molar-refractivity contribution is 5.88. The van der Waals surface area contributed by atoms with Crippen LogP contribution >= 0.6 is 12.4 Å². The molecule has 0 aromatic heterocycles. The summed E-state index contributed by atoms with van der Waals surface area (Å²) in [5.74, 6) is -0.637. The zero-order chi connectivity index (χ0) is 16.9. The van der Waals surface area contributed by atoms with Crippen molar-refractivity contribution < 1.29 is 22.8 Å². The molecule has 23 heavy (non-hydrogen) atoms. The molecule has 8 nitrogen and oxygen atoms in total. The van der Waals surface area contributed by atoms with Gasteiger partial charge in [-0.05, 0) is 19.1 Å². The SMILES string of the molecule is CCOc1cc(/C=N/N=C(N)N)c([N+](=O)[O-])c(C(F)(F)F)c1.Cl. The number of hydrogen-bond acceptors (Lipinski definition) is 5. The molecule has 0 radical (unpaired) electrons. The van der Waals surface area contributed by atoms with Crippen LogP contribution in [0.4, 0.5) is 18.9 Å². The third-order valence-corrected chi connectivity index (χ3v) is 2.28. The Bertz CT molecular complexity index is 630. The van der Waals surface area contributed by atoms with Crippen molar-refractivity contribution in [2.24, 2.45) is 21.7 Å². The lowest BCUT2D eigenvalue weighted by atomic mass is 10.1. The van der Waals surface area contributed by atoms with Gasteiger partial charge in [-0.2, -0.15) is 18.3 Å². The Morgan fingerprint density at radius 2 is 2.04 bits per heavy atom. The first-order valence-electron chi connectivity index (χ1n) is 5.81. The Hall–Kier alpha value is -2.56. The first kappa shape index (κ1) is 20.4. The van der Waals surface area contributed by atoms with Gasteiger partial charge in [-0.15, -0.1) is 17.5 Å². The molecule has 128 valence electrons. The molecular weight excluding hydrogens is 343 g/mol. The zero-order valence-electron chi connectivity index (χ0n) is 11.7. The number of alkyl halides is 3. The molecular formula is C11H13ClF3N5O3. The highest BCUT2D eigenvalue weighted by Gasteiger charge is 2.40. The molecule has 1 aromatic rings. The molecule has 0 atom stereocenters. The Labute approximate surface area is 134 Å². The molecule has 0 saturated heterocycles. The highest BCUT2D eigenvalue weighted by atomic mass is 35.5. The number of hydrogen-bond donors (Lipinski definition) is 2. The quantitative estimate of drug-likeness (QED) is 0.361. The summed E-state index contributed by atoms with van der Waals surface area (Å²) in [7, 11) is 0. The van der Waals surface area contributed by atoms with Gasteiger partial charge in [0.25, 0.3) is 5.69 Å². The minimum Gasteiger partial charge on any atom is -0.494 e. The normalized spacial score (nSPS) is 11.0. The van der Waals surface area contributed by atoms with Crippen molar-refractivity contribution in [3.05, 3.63) is 33.4 Å². The summed E-state index contributed by atoms with van der Waals surface area (Å²) in [5.41, 5.74) is 6.97. The molecule has 0 fully saturated rings. The van der Waals surface area contributed by atoms with Crippen LogP contribution in [0.25, 0.3) is 0 Å². The van der Waals surface area contributed by atoms with Gasteiger partial charge in [0.2, 0.25) is 5.96 Å². The van der Waals surface area contributed by atoms with Crippen LogP contribution in [0, 0.1) is 10.1 Å². The summed E-state index contributed by atoms with van der Waals surface area (Å²) >= 11 is 0. The summed E-state index contributed by atoms with van der Waals surface area (Å²) in [5, 5.41) is 17.5. The van der Waals surface area contributed by atoms with E-state index in [-0.39, 0.29) is 24.8 Å². The van der Waals surface area contributed by atoms with Crippen LogP contribution in [0.3, 0.4) is 0 Å². The fraction of sp³-hybridized carbons (Fsp3) is 0.273. The minimum atomic E-state index is -4.94. The van der Waals surface area contributed by atoms with E-state index in [1.54, 1.807) is 6.92 Å². The summed E-state index contributed by atoms with van der Waals surface area (Å²) in [6.07, 6.45) is -4.19. The number of nitrogens with two attached hydrogens (primary N) is 2. The summed E-state index contributed by atoms with van der Waals surface area (Å²) in [4.78, 5) is 9.82. The third kappa shape index (κ3) is 5.62. The lowest BCUT2D eigenvalue weighted by Gasteiger charge is -2.12. The van der Waals surface area contributed by atoms with Gasteiger partial charge in [-0.3, -0.25) is 10.1 Å². The number of guanidine groups is 1. The van der Waals surface area contributed by atoms with Gasteiger partial charge in [-0.25, -0.2) is 0 Å². The van der Waals surface area contributed by atoms with Gasteiger partial charge >= 0.3 is 6.18 Å².